The van der Waals surface area contributed by atoms with E-state index in [2.05, 4.69) is 9.97 Å². The molecule has 112 valence electrons. The molecule has 0 unspecified atom stereocenters. The van der Waals surface area contributed by atoms with Gasteiger partial charge < -0.3 is 15.0 Å². The largest absolute Gasteiger partial charge is 0.383 e. The number of nitrogens with zero attached hydrogens (tertiary/aromatic N) is 2. The highest BCUT2D eigenvalue weighted by molar-refractivity contribution is 7.98. The minimum Gasteiger partial charge on any atom is -0.383 e. The summed E-state index contributed by atoms with van der Waals surface area (Å²) in [5.74, 6) is 1.82. The zero-order valence-electron chi connectivity index (χ0n) is 12.0. The number of aliphatic hydroxyl groups is 1. The van der Waals surface area contributed by atoms with Gasteiger partial charge in [-0.3, -0.25) is 4.79 Å². The van der Waals surface area contributed by atoms with E-state index < -0.39 is 6.10 Å². The molecule has 2 heterocycles. The molecule has 0 aliphatic carbocycles. The second kappa shape index (κ2) is 6.07. The minimum atomic E-state index is -0.867. The van der Waals surface area contributed by atoms with Gasteiger partial charge in [-0.15, -0.1) is 0 Å². The first kappa shape index (κ1) is 14.4. The molecule has 2 N–H and O–H groups in total. The number of rotatable bonds is 5. The van der Waals surface area contributed by atoms with Crippen molar-refractivity contribution < 1.29 is 9.90 Å². The van der Waals surface area contributed by atoms with Crippen molar-refractivity contribution in [2.75, 3.05) is 25.1 Å². The molecule has 3 rings (SSSR count). The van der Waals surface area contributed by atoms with E-state index in [4.69, 9.17) is 0 Å². The topological polar surface area (TPSA) is 69.2 Å². The number of amides is 1. The van der Waals surface area contributed by atoms with Crippen LogP contribution in [0, 0.1) is 0 Å². The third kappa shape index (κ3) is 2.91. The number of hydrogen-bond donors (Lipinski definition) is 2. The fraction of sp³-hybridized carbons (Fsp3) is 0.467. The Hall–Kier alpha value is -1.53. The summed E-state index contributed by atoms with van der Waals surface area (Å²) in [4.78, 5) is 21.6. The lowest BCUT2D eigenvalue weighted by atomic mass is 9.98. The van der Waals surface area contributed by atoms with Crippen LogP contribution in [-0.4, -0.2) is 57.1 Å². The molecule has 0 spiro atoms. The highest BCUT2D eigenvalue weighted by atomic mass is 32.2. The van der Waals surface area contributed by atoms with Gasteiger partial charge >= 0.3 is 0 Å². The number of aliphatic hydroxyl groups excluding tert-OH is 1. The van der Waals surface area contributed by atoms with Crippen molar-refractivity contribution in [1.82, 2.24) is 14.9 Å². The second-order valence-corrected chi connectivity index (χ2v) is 6.36. The first-order valence-electron chi connectivity index (χ1n) is 7.09. The molecule has 1 atom stereocenters. The van der Waals surface area contributed by atoms with Crippen LogP contribution in [0.1, 0.15) is 18.2 Å². The van der Waals surface area contributed by atoms with Gasteiger partial charge in [-0.25, -0.2) is 4.98 Å². The van der Waals surface area contributed by atoms with E-state index in [-0.39, 0.29) is 11.8 Å². The fourth-order valence-corrected chi connectivity index (χ4v) is 3.02. The summed E-state index contributed by atoms with van der Waals surface area (Å²) >= 11 is 1.64. The molecule has 1 aromatic carbocycles. The molecule has 0 radical (unpaired) electrons. The van der Waals surface area contributed by atoms with Crippen molar-refractivity contribution in [3.8, 4) is 0 Å². The summed E-state index contributed by atoms with van der Waals surface area (Å²) in [6.45, 7) is 1.27. The van der Waals surface area contributed by atoms with Crippen LogP contribution in [0.4, 0.5) is 0 Å². The molecule has 1 amide bonds. The molecule has 1 aromatic heterocycles. The van der Waals surface area contributed by atoms with Crippen molar-refractivity contribution in [3.63, 3.8) is 0 Å². The standard InChI is InChI=1S/C15H19N3O2S/c1-21-7-6-13(19)15(20)18-8-10(9-18)14-16-11-4-2-3-5-12(11)17-14/h2-5,10,13,19H,6-9H2,1H3,(H,16,17)/t13-/m0/s1. The Morgan fingerprint density at radius 2 is 2.29 bits per heavy atom. The Morgan fingerprint density at radius 3 is 3.00 bits per heavy atom. The van der Waals surface area contributed by atoms with Crippen molar-refractivity contribution in [3.05, 3.63) is 30.1 Å². The van der Waals surface area contributed by atoms with Gasteiger partial charge in [0.2, 0.25) is 0 Å². The summed E-state index contributed by atoms with van der Waals surface area (Å²) in [7, 11) is 0. The van der Waals surface area contributed by atoms with Gasteiger partial charge in [-0.05, 0) is 30.6 Å². The van der Waals surface area contributed by atoms with E-state index in [1.54, 1.807) is 16.7 Å². The average molecular weight is 305 g/mol. The zero-order chi connectivity index (χ0) is 14.8. The Labute approximate surface area is 127 Å². The molecule has 6 heteroatoms. The number of para-hydroxylation sites is 2. The molecule has 0 bridgehead atoms. The number of fused-ring (bicyclic) bond motifs is 1. The lowest BCUT2D eigenvalue weighted by molar-refractivity contribution is -0.145. The maximum atomic E-state index is 12.0. The lowest BCUT2D eigenvalue weighted by Crippen LogP contribution is -2.52. The molecule has 1 fully saturated rings. The summed E-state index contributed by atoms with van der Waals surface area (Å²) in [6.07, 6.45) is 1.62. The van der Waals surface area contributed by atoms with Gasteiger partial charge in [0.15, 0.2) is 0 Å². The van der Waals surface area contributed by atoms with Gasteiger partial charge in [-0.2, -0.15) is 11.8 Å². The Balaban J connectivity index is 1.59. The Morgan fingerprint density at radius 1 is 1.52 bits per heavy atom. The van der Waals surface area contributed by atoms with Gasteiger partial charge in [0.1, 0.15) is 11.9 Å². The van der Waals surface area contributed by atoms with Gasteiger partial charge in [0.05, 0.1) is 17.0 Å². The summed E-state index contributed by atoms with van der Waals surface area (Å²) < 4.78 is 0. The van der Waals surface area contributed by atoms with E-state index in [1.165, 1.54) is 0 Å². The number of carbonyl (C=O) groups is 1. The van der Waals surface area contributed by atoms with Crippen LogP contribution < -0.4 is 0 Å². The van der Waals surface area contributed by atoms with Gasteiger partial charge in [-0.1, -0.05) is 12.1 Å². The van der Waals surface area contributed by atoms with Crippen LogP contribution >= 0.6 is 11.8 Å². The van der Waals surface area contributed by atoms with Crippen molar-refractivity contribution in [2.45, 2.75) is 18.4 Å². The predicted molar refractivity (Wildman–Crippen MR) is 84.4 cm³/mol. The number of hydrogen-bond acceptors (Lipinski definition) is 4. The predicted octanol–water partition coefficient (Wildman–Crippen LogP) is 1.60. The second-order valence-electron chi connectivity index (χ2n) is 5.38. The smallest absolute Gasteiger partial charge is 0.251 e. The quantitative estimate of drug-likeness (QED) is 0.880. The minimum absolute atomic E-state index is 0.156. The Bertz CT molecular complexity index is 604. The van der Waals surface area contributed by atoms with Gasteiger partial charge in [0, 0.05) is 13.1 Å². The number of thioether (sulfide) groups is 1. The molecular weight excluding hydrogens is 286 g/mol. The number of H-pyrrole nitrogens is 1. The van der Waals surface area contributed by atoms with Crippen molar-refractivity contribution >= 4 is 28.7 Å². The zero-order valence-corrected chi connectivity index (χ0v) is 12.8. The van der Waals surface area contributed by atoms with E-state index in [0.717, 1.165) is 22.6 Å². The van der Waals surface area contributed by atoms with E-state index in [1.807, 2.05) is 30.5 Å². The molecule has 5 nitrogen and oxygen atoms in total. The molecule has 0 saturated carbocycles. The number of aromatic amines is 1. The molecule has 1 aliphatic heterocycles. The maximum Gasteiger partial charge on any atom is 0.251 e. The van der Waals surface area contributed by atoms with Crippen LogP contribution in [0.15, 0.2) is 24.3 Å². The van der Waals surface area contributed by atoms with E-state index >= 15 is 0 Å². The van der Waals surface area contributed by atoms with Crippen molar-refractivity contribution in [1.29, 1.82) is 0 Å². The number of likely N-dealkylation sites (tertiary alicyclic amines) is 1. The number of benzene rings is 1. The van der Waals surface area contributed by atoms with E-state index in [9.17, 15) is 9.90 Å². The number of carbonyl (C=O) groups excluding carboxylic acids is 1. The first-order valence-corrected chi connectivity index (χ1v) is 8.49. The third-order valence-corrected chi connectivity index (χ3v) is 4.51. The van der Waals surface area contributed by atoms with Crippen LogP contribution in [0.3, 0.4) is 0 Å². The number of nitrogens with one attached hydrogen (secondary N) is 1. The van der Waals surface area contributed by atoms with Crippen LogP contribution in [0.25, 0.3) is 11.0 Å². The Kier molecular flexibility index (Phi) is 4.17. The average Bonchev–Trinajstić information content (AvgIpc) is 2.86. The summed E-state index contributed by atoms with van der Waals surface area (Å²) in [6, 6.07) is 7.91. The van der Waals surface area contributed by atoms with E-state index in [0.29, 0.717) is 19.5 Å². The lowest BCUT2D eigenvalue weighted by Gasteiger charge is -2.39. The fourth-order valence-electron chi connectivity index (χ4n) is 2.56. The molecule has 1 saturated heterocycles. The highest BCUT2D eigenvalue weighted by Crippen LogP contribution is 2.27. The maximum absolute atomic E-state index is 12.0. The monoisotopic (exact) mass is 305 g/mol. The molecular formula is C15H19N3O2S. The van der Waals surface area contributed by atoms with Crippen LogP contribution in [0.2, 0.25) is 0 Å². The first-order chi connectivity index (χ1) is 10.2. The van der Waals surface area contributed by atoms with Crippen molar-refractivity contribution in [2.24, 2.45) is 0 Å². The van der Waals surface area contributed by atoms with Gasteiger partial charge in [0.25, 0.3) is 5.91 Å². The number of aromatic nitrogens is 2. The third-order valence-electron chi connectivity index (χ3n) is 3.87. The highest BCUT2D eigenvalue weighted by Gasteiger charge is 2.36. The van der Waals surface area contributed by atoms with Crippen LogP contribution in [-0.2, 0) is 4.79 Å². The SMILES string of the molecule is CSCC[C@H](O)C(=O)N1CC(c2nc3ccccc3[nH]2)C1. The molecule has 1 aliphatic rings. The normalized spacial score (nSPS) is 17.0. The summed E-state index contributed by atoms with van der Waals surface area (Å²) in [5, 5.41) is 9.83. The molecule has 21 heavy (non-hydrogen) atoms. The molecule has 2 aromatic rings. The van der Waals surface area contributed by atoms with Crippen LogP contribution in [0.5, 0.6) is 0 Å². The number of imidazole rings is 1. The summed E-state index contributed by atoms with van der Waals surface area (Å²) in [5.41, 5.74) is 1.98.